The summed E-state index contributed by atoms with van der Waals surface area (Å²) in [7, 11) is -1.19. The van der Waals surface area contributed by atoms with Crippen molar-refractivity contribution in [2.45, 2.75) is 68.8 Å². The molecule has 5 amide bonds. The smallest absolute Gasteiger partial charge is 0.311 e. The van der Waals surface area contributed by atoms with Crippen LogP contribution in [0.1, 0.15) is 49.7 Å². The molecule has 236 valence electrons. The van der Waals surface area contributed by atoms with Gasteiger partial charge in [0.25, 0.3) is 17.6 Å². The minimum absolute atomic E-state index is 0.00672. The molecule has 4 fully saturated rings. The van der Waals surface area contributed by atoms with Crippen LogP contribution in [0, 0.1) is 18.2 Å². The third kappa shape index (κ3) is 5.57. The molecular weight excluding hydrogens is 599 g/mol. The number of fused-ring (bicyclic) bond motifs is 2. The Morgan fingerprint density at radius 3 is 2.34 bits per heavy atom. The lowest BCUT2D eigenvalue weighted by Gasteiger charge is -2.41. The predicted octanol–water partition coefficient (Wildman–Crippen LogP) is -0.946. The van der Waals surface area contributed by atoms with Crippen LogP contribution in [-0.4, -0.2) is 96.8 Å². The van der Waals surface area contributed by atoms with Crippen molar-refractivity contribution in [2.24, 2.45) is 10.4 Å². The summed E-state index contributed by atoms with van der Waals surface area (Å²) < 4.78 is 41.0. The van der Waals surface area contributed by atoms with Gasteiger partial charge in [-0.2, -0.15) is 0 Å². The molecule has 0 radical (unpaired) electrons. The molecule has 1 atom stereocenters. The molecule has 1 aromatic rings. The number of hydrogen-bond donors (Lipinski definition) is 3. The molecule has 6 rings (SSSR count). The van der Waals surface area contributed by atoms with Crippen molar-refractivity contribution in [1.29, 1.82) is 0 Å². The number of carbonyl (C=O) groups excluding carboxylic acids is 6. The molecule has 14 nitrogen and oxygen atoms in total. The summed E-state index contributed by atoms with van der Waals surface area (Å²) in [6, 6.07) is 2.37. The monoisotopic (exact) mass is 632 g/mol. The molecule has 5 aliphatic rings. The van der Waals surface area contributed by atoms with Gasteiger partial charge >= 0.3 is 11.8 Å². The van der Waals surface area contributed by atoms with Gasteiger partial charge in [-0.15, -0.1) is 0 Å². The van der Waals surface area contributed by atoms with Gasteiger partial charge in [-0.25, -0.2) is 17.8 Å². The van der Waals surface area contributed by atoms with Crippen molar-refractivity contribution in [2.75, 3.05) is 20.6 Å². The van der Waals surface area contributed by atoms with Crippen molar-refractivity contribution in [3.8, 4) is 0 Å². The second-order valence-corrected chi connectivity index (χ2v) is 14.1. The Morgan fingerprint density at radius 1 is 1.09 bits per heavy atom. The number of nitrogens with one attached hydrogen (secondary N) is 3. The molecule has 2 saturated heterocycles. The number of aliphatic imine (C=N–C) groups is 1. The van der Waals surface area contributed by atoms with Gasteiger partial charge in [-0.3, -0.25) is 38.4 Å². The molecule has 2 saturated carbocycles. The third-order valence-electron chi connectivity index (χ3n) is 8.73. The molecule has 1 aromatic carbocycles. The highest BCUT2D eigenvalue weighted by atomic mass is 32.2. The number of amides is 5. The van der Waals surface area contributed by atoms with E-state index < -0.39 is 80.0 Å². The Bertz CT molecular complexity index is 1610. The van der Waals surface area contributed by atoms with Crippen LogP contribution in [0.25, 0.3) is 0 Å². The number of benzene rings is 1. The molecule has 44 heavy (non-hydrogen) atoms. The first-order valence-electron chi connectivity index (χ1n) is 14.2. The highest BCUT2D eigenvalue weighted by Gasteiger charge is 2.60. The van der Waals surface area contributed by atoms with Crippen LogP contribution >= 0.6 is 0 Å². The summed E-state index contributed by atoms with van der Waals surface area (Å²) in [5.41, 5.74) is -2.07. The average Bonchev–Trinajstić information content (AvgIpc) is 3.84. The zero-order valence-corrected chi connectivity index (χ0v) is 25.3. The minimum atomic E-state index is -3.94. The fourth-order valence-electron chi connectivity index (χ4n) is 5.90. The number of aryl methyl sites for hydroxylation is 1. The van der Waals surface area contributed by atoms with E-state index >= 15 is 0 Å². The summed E-state index contributed by atoms with van der Waals surface area (Å²) in [6.07, 6.45) is 0.767. The average molecular weight is 633 g/mol. The van der Waals surface area contributed by atoms with Gasteiger partial charge in [0.2, 0.25) is 15.9 Å². The Morgan fingerprint density at radius 2 is 1.75 bits per heavy atom. The predicted molar refractivity (Wildman–Crippen MR) is 151 cm³/mol. The number of sulfonamides is 1. The van der Waals surface area contributed by atoms with E-state index in [0.29, 0.717) is 24.0 Å². The Labute approximate surface area is 252 Å². The van der Waals surface area contributed by atoms with Crippen molar-refractivity contribution in [3.63, 3.8) is 0 Å². The number of amidine groups is 1. The van der Waals surface area contributed by atoms with Crippen LogP contribution < -0.4 is 15.4 Å². The molecule has 3 heterocycles. The van der Waals surface area contributed by atoms with Gasteiger partial charge in [0.05, 0.1) is 16.2 Å². The molecule has 0 aromatic heterocycles. The fourth-order valence-corrected chi connectivity index (χ4v) is 7.30. The van der Waals surface area contributed by atoms with Crippen molar-refractivity contribution >= 4 is 51.2 Å². The maximum atomic E-state index is 13.7. The van der Waals surface area contributed by atoms with Crippen LogP contribution in [0.4, 0.5) is 4.39 Å². The summed E-state index contributed by atoms with van der Waals surface area (Å²) in [5.74, 6) is -6.59. The van der Waals surface area contributed by atoms with E-state index in [1.807, 2.05) is 0 Å². The molecule has 2 bridgehead atoms. The Balaban J connectivity index is 1.49. The minimum Gasteiger partial charge on any atom is -0.350 e. The summed E-state index contributed by atoms with van der Waals surface area (Å²) in [5, 5.41) is 4.51. The summed E-state index contributed by atoms with van der Waals surface area (Å²) in [6.45, 7) is 1.05. The first-order valence-corrected chi connectivity index (χ1v) is 15.7. The molecule has 2 aliphatic carbocycles. The van der Waals surface area contributed by atoms with Crippen molar-refractivity contribution in [1.82, 2.24) is 25.2 Å². The number of nitrogens with zero attached hydrogens (tertiary/aromatic N) is 3. The zero-order chi connectivity index (χ0) is 32.2. The number of hydrogen-bond acceptors (Lipinski definition) is 9. The molecule has 16 heteroatoms. The van der Waals surface area contributed by atoms with E-state index in [-0.39, 0.29) is 38.1 Å². The van der Waals surface area contributed by atoms with Crippen LogP contribution in [-0.2, 0) is 45.3 Å². The topological polar surface area (TPSA) is 191 Å². The Kier molecular flexibility index (Phi) is 7.84. The highest BCUT2D eigenvalue weighted by Crippen LogP contribution is 2.48. The van der Waals surface area contributed by atoms with E-state index in [1.165, 1.54) is 32.3 Å². The standard InChI is InChI=1S/C28H33FN6O8S/c1-15-12-16(4-7-18(15)29)13-30-21(37)19-20(36)23(39)35-14-27(26(41)33-44(42,43)17-5-6-17)8-10-28(11-9-27,25(35)31-19)32-22(38)24(40)34(2)3/h4,7,12,17,19H,5-6,8-11,13-14H2,1-3H3,(H,30,37)(H,32,38)(H,33,41). The second kappa shape index (κ2) is 11.1. The van der Waals surface area contributed by atoms with E-state index in [2.05, 4.69) is 20.3 Å². The number of likely N-dealkylation sites (N-methyl/N-ethyl adjacent to an activating group) is 1. The number of rotatable bonds is 7. The summed E-state index contributed by atoms with van der Waals surface area (Å²) in [4.78, 5) is 85.4. The maximum Gasteiger partial charge on any atom is 0.311 e. The van der Waals surface area contributed by atoms with Crippen LogP contribution in [0.2, 0.25) is 0 Å². The van der Waals surface area contributed by atoms with Gasteiger partial charge in [-0.05, 0) is 62.6 Å². The lowest BCUT2D eigenvalue weighted by molar-refractivity contribution is -0.147. The molecule has 0 spiro atoms. The highest BCUT2D eigenvalue weighted by molar-refractivity contribution is 7.90. The fraction of sp³-hybridized carbons (Fsp3) is 0.536. The third-order valence-corrected chi connectivity index (χ3v) is 10.6. The lowest BCUT2D eigenvalue weighted by atomic mass is 9.68. The van der Waals surface area contributed by atoms with Crippen molar-refractivity contribution < 1.29 is 41.6 Å². The molecule has 1 unspecified atom stereocenters. The molecular formula is C28H33FN6O8S. The van der Waals surface area contributed by atoms with Gasteiger partial charge in [0.1, 0.15) is 11.7 Å². The second-order valence-electron chi connectivity index (χ2n) is 12.1. The number of Topliss-reactive ketones (excluding diaryl/α,β-unsaturated/α-hetero) is 1. The normalized spacial score (nSPS) is 26.2. The maximum absolute atomic E-state index is 13.7. The first-order chi connectivity index (χ1) is 20.6. The van der Waals surface area contributed by atoms with Gasteiger partial charge in [0, 0.05) is 27.2 Å². The van der Waals surface area contributed by atoms with E-state index in [9.17, 15) is 41.6 Å². The molecule has 3 aliphatic heterocycles. The number of halogens is 1. The van der Waals surface area contributed by atoms with Crippen LogP contribution in [0.5, 0.6) is 0 Å². The van der Waals surface area contributed by atoms with E-state index in [0.717, 1.165) is 9.80 Å². The van der Waals surface area contributed by atoms with Gasteiger partial charge in [0.15, 0.2) is 6.04 Å². The Hall–Kier alpha value is -4.21. The van der Waals surface area contributed by atoms with Gasteiger partial charge < -0.3 is 15.5 Å². The van der Waals surface area contributed by atoms with E-state index in [1.54, 1.807) is 6.92 Å². The SMILES string of the molecule is Cc1cc(CNC(=O)C2N=C3N(CC4(C(=O)NS(=O)(=O)C5CC5)CCC3(NC(=O)C(=O)N(C)C)CC4)C(=O)C2=O)ccc1F. The largest absolute Gasteiger partial charge is 0.350 e. The number of carbonyl (C=O) groups is 6. The first kappa shape index (κ1) is 31.2. The van der Waals surface area contributed by atoms with Crippen LogP contribution in [0.15, 0.2) is 23.2 Å². The number of ketones is 1. The lowest BCUT2D eigenvalue weighted by Crippen LogP contribution is -2.65. The molecule has 3 N–H and O–H groups in total. The summed E-state index contributed by atoms with van der Waals surface area (Å²) >= 11 is 0. The van der Waals surface area contributed by atoms with Crippen LogP contribution in [0.3, 0.4) is 0 Å². The van der Waals surface area contributed by atoms with Crippen molar-refractivity contribution in [3.05, 3.63) is 35.1 Å². The zero-order valence-electron chi connectivity index (χ0n) is 24.4. The quantitative estimate of drug-likeness (QED) is 0.253. The van der Waals surface area contributed by atoms with E-state index in [4.69, 9.17) is 0 Å². The van der Waals surface area contributed by atoms with Gasteiger partial charge in [-0.1, -0.05) is 12.1 Å².